The van der Waals surface area contributed by atoms with Gasteiger partial charge in [-0.05, 0) is 65.7 Å². The van der Waals surface area contributed by atoms with Crippen molar-refractivity contribution in [2.75, 3.05) is 13.7 Å². The fraction of sp³-hybridized carbons (Fsp3) is 0.571. The first-order valence-electron chi connectivity index (χ1n) is 12.8. The number of oxazole rings is 1. The molecule has 0 aliphatic carbocycles. The first-order chi connectivity index (χ1) is 18.2. The van der Waals surface area contributed by atoms with E-state index in [1.165, 1.54) is 17.6 Å². The Hall–Kier alpha value is -3.76. The lowest BCUT2D eigenvalue weighted by Gasteiger charge is -2.30. The van der Waals surface area contributed by atoms with Crippen LogP contribution in [-0.4, -0.2) is 71.2 Å². The second-order valence-electron chi connectivity index (χ2n) is 11.3. The molecule has 1 fully saturated rings. The summed E-state index contributed by atoms with van der Waals surface area (Å²) < 4.78 is 32.7. The maximum absolute atomic E-state index is 13.3. The highest BCUT2D eigenvalue weighted by atomic mass is 16.7. The van der Waals surface area contributed by atoms with Gasteiger partial charge in [-0.2, -0.15) is 0 Å². The first-order valence-corrected chi connectivity index (χ1v) is 12.8. The third-order valence-corrected chi connectivity index (χ3v) is 5.73. The molecule has 2 heterocycles. The quantitative estimate of drug-likeness (QED) is 0.339. The second-order valence-corrected chi connectivity index (χ2v) is 11.3. The number of likely N-dealkylation sites (tertiary alicyclic amines) is 1. The normalized spacial score (nSPS) is 19.4. The maximum Gasteiger partial charge on any atom is 0.509 e. The van der Waals surface area contributed by atoms with E-state index < -0.39 is 47.7 Å². The molecule has 11 nitrogen and oxygen atoms in total. The van der Waals surface area contributed by atoms with Gasteiger partial charge in [-0.15, -0.1) is 0 Å². The smallest absolute Gasteiger partial charge is 0.497 e. The van der Waals surface area contributed by atoms with Crippen LogP contribution in [0.15, 0.2) is 41.3 Å². The molecule has 1 aliphatic heterocycles. The largest absolute Gasteiger partial charge is 0.509 e. The van der Waals surface area contributed by atoms with E-state index in [2.05, 4.69) is 4.98 Å². The predicted molar refractivity (Wildman–Crippen MR) is 139 cm³/mol. The molecule has 1 amide bonds. The zero-order chi connectivity index (χ0) is 28.8. The van der Waals surface area contributed by atoms with E-state index in [1.807, 2.05) is 12.1 Å². The molecule has 1 aromatic carbocycles. The monoisotopic (exact) mass is 546 g/mol. The van der Waals surface area contributed by atoms with Crippen LogP contribution in [0.4, 0.5) is 9.59 Å². The predicted octanol–water partition coefficient (Wildman–Crippen LogP) is 4.71. The zero-order valence-electron chi connectivity index (χ0n) is 23.6. The van der Waals surface area contributed by atoms with Crippen LogP contribution < -0.4 is 4.74 Å². The summed E-state index contributed by atoms with van der Waals surface area (Å²) in [5.74, 6) is 0.141. The highest BCUT2D eigenvalue weighted by molar-refractivity contribution is 5.72. The molecule has 214 valence electrons. The van der Waals surface area contributed by atoms with Gasteiger partial charge >= 0.3 is 18.2 Å². The number of ether oxygens (including phenoxy) is 5. The molecule has 1 saturated heterocycles. The number of esters is 1. The molecule has 0 unspecified atom stereocenters. The Labute approximate surface area is 228 Å². The van der Waals surface area contributed by atoms with Gasteiger partial charge in [-0.3, -0.25) is 9.69 Å². The van der Waals surface area contributed by atoms with Crippen molar-refractivity contribution in [1.29, 1.82) is 0 Å². The lowest BCUT2D eigenvalue weighted by Crippen LogP contribution is -2.45. The van der Waals surface area contributed by atoms with Gasteiger partial charge in [0.15, 0.2) is 18.6 Å². The molecule has 0 radical (unpaired) electrons. The van der Waals surface area contributed by atoms with Crippen molar-refractivity contribution in [1.82, 2.24) is 9.88 Å². The van der Waals surface area contributed by atoms with Crippen molar-refractivity contribution in [3.8, 4) is 5.75 Å². The van der Waals surface area contributed by atoms with E-state index in [9.17, 15) is 14.4 Å². The third kappa shape index (κ3) is 9.19. The minimum absolute atomic E-state index is 0.0177. The van der Waals surface area contributed by atoms with Crippen LogP contribution >= 0.6 is 0 Å². The van der Waals surface area contributed by atoms with Gasteiger partial charge in [-0.25, -0.2) is 14.6 Å². The Morgan fingerprint density at radius 2 is 1.67 bits per heavy atom. The Morgan fingerprint density at radius 3 is 2.23 bits per heavy atom. The number of nitrogens with zero attached hydrogens (tertiary/aromatic N) is 2. The average Bonchev–Trinajstić information content (AvgIpc) is 3.45. The fourth-order valence-corrected chi connectivity index (χ4v) is 4.08. The second kappa shape index (κ2) is 12.4. The SMILES string of the molecule is COc1ccc(C[C@@H]2[C@H](OC(=O)CCc3cocn3)[C@@H](OC(=O)OC(C)(C)C)CN2C(=O)OC(C)(C)C)cc1. The molecule has 2 aromatic rings. The van der Waals surface area contributed by atoms with E-state index in [0.717, 1.165) is 5.56 Å². The average molecular weight is 547 g/mol. The highest BCUT2D eigenvalue weighted by Crippen LogP contribution is 2.30. The number of carbonyl (C=O) groups excluding carboxylic acids is 3. The van der Waals surface area contributed by atoms with E-state index in [1.54, 1.807) is 60.8 Å². The van der Waals surface area contributed by atoms with Crippen molar-refractivity contribution < 1.29 is 42.5 Å². The van der Waals surface area contributed by atoms with Crippen LogP contribution in [0.25, 0.3) is 0 Å². The first kappa shape index (κ1) is 29.8. The highest BCUT2D eigenvalue weighted by Gasteiger charge is 2.50. The summed E-state index contributed by atoms with van der Waals surface area (Å²) in [7, 11) is 1.57. The van der Waals surface area contributed by atoms with Gasteiger partial charge < -0.3 is 28.1 Å². The van der Waals surface area contributed by atoms with Gasteiger partial charge in [0.2, 0.25) is 0 Å². The number of aryl methyl sites for hydroxylation is 1. The number of aromatic nitrogens is 1. The van der Waals surface area contributed by atoms with E-state index in [0.29, 0.717) is 24.3 Å². The van der Waals surface area contributed by atoms with E-state index >= 15 is 0 Å². The molecular formula is C28H38N2O9. The number of amides is 1. The number of carbonyl (C=O) groups is 3. The number of rotatable bonds is 8. The van der Waals surface area contributed by atoms with Crippen molar-refractivity contribution in [2.45, 2.75) is 90.3 Å². The van der Waals surface area contributed by atoms with Gasteiger partial charge in [-0.1, -0.05) is 12.1 Å². The van der Waals surface area contributed by atoms with E-state index in [4.69, 9.17) is 28.1 Å². The number of benzene rings is 1. The van der Waals surface area contributed by atoms with Gasteiger partial charge in [0.25, 0.3) is 0 Å². The topological polar surface area (TPSA) is 127 Å². The summed E-state index contributed by atoms with van der Waals surface area (Å²) >= 11 is 0. The molecule has 39 heavy (non-hydrogen) atoms. The molecule has 3 atom stereocenters. The Balaban J connectivity index is 1.89. The summed E-state index contributed by atoms with van der Waals surface area (Å²) in [6, 6.07) is 6.64. The van der Waals surface area contributed by atoms with Crippen LogP contribution in [0.1, 0.15) is 59.2 Å². The van der Waals surface area contributed by atoms with Crippen molar-refractivity contribution in [3.63, 3.8) is 0 Å². The Morgan fingerprint density at radius 1 is 1.00 bits per heavy atom. The number of hydrogen-bond acceptors (Lipinski definition) is 10. The lowest BCUT2D eigenvalue weighted by atomic mass is 10.0. The third-order valence-electron chi connectivity index (χ3n) is 5.73. The van der Waals surface area contributed by atoms with Gasteiger partial charge in [0.05, 0.1) is 31.8 Å². The van der Waals surface area contributed by atoms with Crippen LogP contribution in [-0.2, 0) is 36.6 Å². The maximum atomic E-state index is 13.3. The molecule has 0 N–H and O–H groups in total. The van der Waals surface area contributed by atoms with Crippen LogP contribution in [0.3, 0.4) is 0 Å². The number of methoxy groups -OCH3 is 1. The zero-order valence-corrected chi connectivity index (χ0v) is 23.6. The lowest BCUT2D eigenvalue weighted by molar-refractivity contribution is -0.156. The van der Waals surface area contributed by atoms with E-state index in [-0.39, 0.29) is 13.0 Å². The Kier molecular flexibility index (Phi) is 9.47. The molecule has 0 bridgehead atoms. The molecule has 0 spiro atoms. The van der Waals surface area contributed by atoms with Gasteiger partial charge in [0.1, 0.15) is 23.2 Å². The fourth-order valence-electron chi connectivity index (χ4n) is 4.08. The molecular weight excluding hydrogens is 508 g/mol. The molecule has 0 saturated carbocycles. The molecule has 11 heteroatoms. The summed E-state index contributed by atoms with van der Waals surface area (Å²) in [5, 5.41) is 0. The van der Waals surface area contributed by atoms with Crippen molar-refractivity contribution in [2.24, 2.45) is 0 Å². The molecule has 1 aromatic heterocycles. The summed E-state index contributed by atoms with van der Waals surface area (Å²) in [6.07, 6.45) is -0.130. The van der Waals surface area contributed by atoms with Crippen LogP contribution in [0.2, 0.25) is 0 Å². The van der Waals surface area contributed by atoms with Crippen LogP contribution in [0, 0.1) is 0 Å². The minimum atomic E-state index is -0.980. The van der Waals surface area contributed by atoms with Crippen molar-refractivity contribution >= 4 is 18.2 Å². The van der Waals surface area contributed by atoms with Crippen molar-refractivity contribution in [3.05, 3.63) is 48.2 Å². The summed E-state index contributed by atoms with van der Waals surface area (Å²) in [6.45, 7) is 10.4. The Bertz CT molecular complexity index is 1100. The van der Waals surface area contributed by atoms with Gasteiger partial charge in [0, 0.05) is 6.42 Å². The van der Waals surface area contributed by atoms with Crippen LogP contribution in [0.5, 0.6) is 5.75 Å². The minimum Gasteiger partial charge on any atom is -0.497 e. The summed E-state index contributed by atoms with van der Waals surface area (Å²) in [4.78, 5) is 44.3. The molecule has 3 rings (SSSR count). The number of hydrogen-bond donors (Lipinski definition) is 0. The summed E-state index contributed by atoms with van der Waals surface area (Å²) in [5.41, 5.74) is -0.108. The standard InChI is InChI=1S/C28H38N2O9/c1-27(2,3)38-25(32)30-15-22(36-26(33)39-28(4,5)6)24(37-23(31)13-10-19-16-35-17-29-19)21(30)14-18-8-11-20(34-7)12-9-18/h8-9,11-12,16-17,21-22,24H,10,13-15H2,1-7H3/t21-,22+,24+/m1/s1. The molecule has 1 aliphatic rings.